The van der Waals surface area contributed by atoms with Crippen molar-refractivity contribution in [1.29, 1.82) is 0 Å². The molecule has 2 fully saturated rings. The molecule has 0 saturated carbocycles. The van der Waals surface area contributed by atoms with Crippen molar-refractivity contribution in [2.75, 3.05) is 31.1 Å². The van der Waals surface area contributed by atoms with Crippen molar-refractivity contribution < 1.29 is 18.4 Å². The third kappa shape index (κ3) is 4.15. The van der Waals surface area contributed by atoms with Crippen molar-refractivity contribution in [2.24, 2.45) is 0 Å². The normalized spacial score (nSPS) is 19.0. The standard InChI is InChI=1S/C23H22F2N6O2/c24-16-4-5-18(25)17(12-16)19-2-1-9-30(19)20-7-10-31-23(28-20)15(13-27-31)3-6-22(33)29-11-8-26-21(32)14-29/h3-7,10,12-13,19H,1-2,8-9,11,14H2,(H,26,32)/t19-/m1/s1. The van der Waals surface area contributed by atoms with E-state index in [9.17, 15) is 18.4 Å². The third-order valence-electron chi connectivity index (χ3n) is 6.00. The number of aromatic nitrogens is 3. The van der Waals surface area contributed by atoms with E-state index in [1.807, 2.05) is 4.90 Å². The second-order valence-corrected chi connectivity index (χ2v) is 8.11. The molecule has 3 aromatic rings. The van der Waals surface area contributed by atoms with E-state index in [4.69, 9.17) is 4.98 Å². The van der Waals surface area contributed by atoms with Crippen LogP contribution in [0.3, 0.4) is 0 Å². The lowest BCUT2D eigenvalue weighted by Crippen LogP contribution is -2.49. The molecule has 2 saturated heterocycles. The molecule has 0 bridgehead atoms. The monoisotopic (exact) mass is 452 g/mol. The summed E-state index contributed by atoms with van der Waals surface area (Å²) in [5.41, 5.74) is 1.50. The molecule has 170 valence electrons. The maximum Gasteiger partial charge on any atom is 0.247 e. The van der Waals surface area contributed by atoms with Crippen LogP contribution in [-0.4, -0.2) is 57.5 Å². The Labute approximate surface area is 188 Å². The summed E-state index contributed by atoms with van der Waals surface area (Å²) in [6.45, 7) is 1.59. The minimum absolute atomic E-state index is 0.0350. The Morgan fingerprint density at radius 3 is 2.94 bits per heavy atom. The first kappa shape index (κ1) is 21.0. The van der Waals surface area contributed by atoms with Gasteiger partial charge in [0.05, 0.1) is 18.8 Å². The van der Waals surface area contributed by atoms with Crippen LogP contribution in [0, 0.1) is 11.6 Å². The van der Waals surface area contributed by atoms with Gasteiger partial charge < -0.3 is 15.1 Å². The molecule has 2 aromatic heterocycles. The molecule has 1 N–H and O–H groups in total. The zero-order chi connectivity index (χ0) is 22.9. The topological polar surface area (TPSA) is 82.8 Å². The Kier molecular flexibility index (Phi) is 5.49. The van der Waals surface area contributed by atoms with Crippen molar-refractivity contribution in [1.82, 2.24) is 24.8 Å². The minimum Gasteiger partial charge on any atom is -0.353 e. The van der Waals surface area contributed by atoms with Gasteiger partial charge in [-0.2, -0.15) is 5.10 Å². The molecular weight excluding hydrogens is 430 g/mol. The van der Waals surface area contributed by atoms with Crippen molar-refractivity contribution in [2.45, 2.75) is 18.9 Å². The highest BCUT2D eigenvalue weighted by Gasteiger charge is 2.30. The van der Waals surface area contributed by atoms with E-state index < -0.39 is 11.6 Å². The molecule has 2 amide bonds. The van der Waals surface area contributed by atoms with Gasteiger partial charge in [0.25, 0.3) is 0 Å². The molecule has 0 radical (unpaired) electrons. The van der Waals surface area contributed by atoms with Gasteiger partial charge in [-0.3, -0.25) is 9.59 Å². The highest BCUT2D eigenvalue weighted by atomic mass is 19.1. The Bertz CT molecular complexity index is 1260. The average Bonchev–Trinajstić information content (AvgIpc) is 3.46. The molecule has 0 aliphatic carbocycles. The number of halogens is 2. The van der Waals surface area contributed by atoms with E-state index in [0.29, 0.717) is 48.6 Å². The number of nitrogens with zero attached hydrogens (tertiary/aromatic N) is 5. The molecule has 1 aromatic carbocycles. The fourth-order valence-electron chi connectivity index (χ4n) is 4.38. The van der Waals surface area contributed by atoms with Crippen molar-refractivity contribution in [3.8, 4) is 0 Å². The molecule has 0 unspecified atom stereocenters. The van der Waals surface area contributed by atoms with Crippen LogP contribution in [-0.2, 0) is 9.59 Å². The van der Waals surface area contributed by atoms with Crippen LogP contribution < -0.4 is 10.2 Å². The zero-order valence-corrected chi connectivity index (χ0v) is 17.7. The molecule has 10 heteroatoms. The number of carbonyl (C=O) groups excluding carboxylic acids is 2. The van der Waals surface area contributed by atoms with Crippen molar-refractivity contribution >= 4 is 29.4 Å². The number of anilines is 1. The molecule has 8 nitrogen and oxygen atoms in total. The van der Waals surface area contributed by atoms with Gasteiger partial charge in [-0.05, 0) is 43.2 Å². The lowest BCUT2D eigenvalue weighted by Gasteiger charge is -2.26. The van der Waals surface area contributed by atoms with E-state index in [1.165, 1.54) is 17.0 Å². The molecule has 1 atom stereocenters. The highest BCUT2D eigenvalue weighted by Crippen LogP contribution is 2.36. The number of nitrogens with one attached hydrogen (secondary N) is 1. The number of hydrogen-bond donors (Lipinski definition) is 1. The average molecular weight is 452 g/mol. The fraction of sp³-hybridized carbons (Fsp3) is 0.304. The van der Waals surface area contributed by atoms with Crippen LogP contribution in [0.4, 0.5) is 14.6 Å². The summed E-state index contributed by atoms with van der Waals surface area (Å²) in [5, 5.41) is 6.96. The van der Waals surface area contributed by atoms with Crippen LogP contribution in [0.15, 0.2) is 42.7 Å². The summed E-state index contributed by atoms with van der Waals surface area (Å²) >= 11 is 0. The molecule has 5 rings (SSSR count). The number of amides is 2. The zero-order valence-electron chi connectivity index (χ0n) is 17.7. The van der Waals surface area contributed by atoms with Crippen LogP contribution in [0.5, 0.6) is 0 Å². The maximum absolute atomic E-state index is 14.4. The lowest BCUT2D eigenvalue weighted by atomic mass is 10.0. The highest BCUT2D eigenvalue weighted by molar-refractivity contribution is 5.95. The van der Waals surface area contributed by atoms with Crippen LogP contribution in [0.1, 0.15) is 30.0 Å². The Morgan fingerprint density at radius 1 is 1.21 bits per heavy atom. The summed E-state index contributed by atoms with van der Waals surface area (Å²) < 4.78 is 29.8. The maximum atomic E-state index is 14.4. The van der Waals surface area contributed by atoms with Gasteiger partial charge in [0.15, 0.2) is 5.65 Å². The Morgan fingerprint density at radius 2 is 2.09 bits per heavy atom. The molecule has 0 spiro atoms. The second-order valence-electron chi connectivity index (χ2n) is 8.11. The number of hydrogen-bond acceptors (Lipinski definition) is 5. The number of benzene rings is 1. The summed E-state index contributed by atoms with van der Waals surface area (Å²) in [6.07, 6.45) is 7.91. The second kappa shape index (κ2) is 8.61. The predicted molar refractivity (Wildman–Crippen MR) is 117 cm³/mol. The molecule has 2 aliphatic rings. The first-order chi connectivity index (χ1) is 16.0. The van der Waals surface area contributed by atoms with Crippen LogP contribution in [0.2, 0.25) is 0 Å². The van der Waals surface area contributed by atoms with Gasteiger partial charge in [-0.15, -0.1) is 0 Å². The Hall–Kier alpha value is -3.82. The van der Waals surface area contributed by atoms with E-state index in [-0.39, 0.29) is 24.4 Å². The molecule has 4 heterocycles. The first-order valence-electron chi connectivity index (χ1n) is 10.8. The number of carbonyl (C=O) groups is 2. The number of fused-ring (bicyclic) bond motifs is 1. The first-order valence-corrected chi connectivity index (χ1v) is 10.8. The molecule has 33 heavy (non-hydrogen) atoms. The summed E-state index contributed by atoms with van der Waals surface area (Å²) in [7, 11) is 0. The van der Waals surface area contributed by atoms with E-state index >= 15 is 0 Å². The van der Waals surface area contributed by atoms with Crippen LogP contribution >= 0.6 is 0 Å². The van der Waals surface area contributed by atoms with E-state index in [1.54, 1.807) is 29.1 Å². The summed E-state index contributed by atoms with van der Waals surface area (Å²) in [4.78, 5) is 32.1. The van der Waals surface area contributed by atoms with Gasteiger partial charge in [-0.25, -0.2) is 18.3 Å². The minimum atomic E-state index is -0.472. The van der Waals surface area contributed by atoms with Crippen molar-refractivity contribution in [3.63, 3.8) is 0 Å². The molecule has 2 aliphatic heterocycles. The predicted octanol–water partition coefficient (Wildman–Crippen LogP) is 2.32. The van der Waals surface area contributed by atoms with Gasteiger partial charge >= 0.3 is 0 Å². The van der Waals surface area contributed by atoms with E-state index in [2.05, 4.69) is 10.4 Å². The largest absolute Gasteiger partial charge is 0.353 e. The quantitative estimate of drug-likeness (QED) is 0.615. The fourth-order valence-corrected chi connectivity index (χ4v) is 4.38. The smallest absolute Gasteiger partial charge is 0.247 e. The van der Waals surface area contributed by atoms with Gasteiger partial charge in [0.2, 0.25) is 11.8 Å². The lowest BCUT2D eigenvalue weighted by molar-refractivity contribution is -0.134. The summed E-state index contributed by atoms with van der Waals surface area (Å²) in [5.74, 6) is -0.724. The SMILES string of the molecule is O=C1CN(C(=O)C=Cc2cnn3ccc(N4CCC[C@@H]4c4cc(F)ccc4F)nc23)CCN1. The van der Waals surface area contributed by atoms with Crippen molar-refractivity contribution in [3.05, 3.63) is 65.5 Å². The number of piperazine rings is 1. The summed E-state index contributed by atoms with van der Waals surface area (Å²) in [6, 6.07) is 4.99. The van der Waals surface area contributed by atoms with Gasteiger partial charge in [-0.1, -0.05) is 0 Å². The number of rotatable bonds is 4. The third-order valence-corrected chi connectivity index (χ3v) is 6.00. The Balaban J connectivity index is 1.41. The van der Waals surface area contributed by atoms with Gasteiger partial charge in [0.1, 0.15) is 17.5 Å². The van der Waals surface area contributed by atoms with Gasteiger partial charge in [0, 0.05) is 43.0 Å². The van der Waals surface area contributed by atoms with E-state index in [0.717, 1.165) is 18.6 Å². The molecular formula is C23H22F2N6O2. The van der Waals surface area contributed by atoms with Crippen LogP contribution in [0.25, 0.3) is 11.7 Å².